The Labute approximate surface area is 137 Å². The Balaban J connectivity index is 2.27. The third kappa shape index (κ3) is 3.92. The van der Waals surface area contributed by atoms with Crippen LogP contribution in [0.3, 0.4) is 0 Å². The molecule has 0 unspecified atom stereocenters. The molecule has 1 aliphatic rings. The fraction of sp³-hybridized carbons (Fsp3) is 0.444. The number of nitrogens with one attached hydrogen (secondary N) is 1. The smallest absolute Gasteiger partial charge is 0.270 e. The van der Waals surface area contributed by atoms with Crippen molar-refractivity contribution in [2.45, 2.75) is 39.8 Å². The highest BCUT2D eigenvalue weighted by molar-refractivity contribution is 6.04. The Morgan fingerprint density at radius 1 is 1.26 bits per heavy atom. The van der Waals surface area contributed by atoms with Gasteiger partial charge < -0.3 is 15.0 Å². The summed E-state index contributed by atoms with van der Waals surface area (Å²) < 4.78 is 5.15. The molecule has 0 aromatic heterocycles. The fourth-order valence-electron chi connectivity index (χ4n) is 2.69. The Bertz CT molecular complexity index is 605. The third-order valence-electron chi connectivity index (χ3n) is 3.92. The molecular weight excluding hydrogens is 292 g/mol. The summed E-state index contributed by atoms with van der Waals surface area (Å²) in [5, 5.41) is 2.72. The van der Waals surface area contributed by atoms with Crippen molar-refractivity contribution in [1.29, 1.82) is 0 Å². The molecule has 0 bridgehead atoms. The van der Waals surface area contributed by atoms with Crippen LogP contribution in [-0.4, -0.2) is 29.9 Å². The SMILES string of the molecule is C/C=C1\NC(=O)[C@H](CC(C)C)N(Cc2ccc(OC)cc2)C1=O. The van der Waals surface area contributed by atoms with Gasteiger partial charge in [0.1, 0.15) is 17.5 Å². The van der Waals surface area contributed by atoms with Crippen LogP contribution in [0.5, 0.6) is 5.75 Å². The molecule has 23 heavy (non-hydrogen) atoms. The van der Waals surface area contributed by atoms with Gasteiger partial charge in [-0.05, 0) is 37.0 Å². The van der Waals surface area contributed by atoms with Crippen molar-refractivity contribution in [3.8, 4) is 5.75 Å². The van der Waals surface area contributed by atoms with Crippen LogP contribution in [0.1, 0.15) is 32.8 Å². The molecule has 1 fully saturated rings. The highest BCUT2D eigenvalue weighted by atomic mass is 16.5. The Kier molecular flexibility index (Phi) is 5.42. The second-order valence-electron chi connectivity index (χ2n) is 6.12. The van der Waals surface area contributed by atoms with Gasteiger partial charge in [-0.15, -0.1) is 0 Å². The number of carbonyl (C=O) groups excluding carboxylic acids is 2. The molecule has 1 aromatic carbocycles. The molecule has 1 N–H and O–H groups in total. The molecule has 5 nitrogen and oxygen atoms in total. The summed E-state index contributed by atoms with van der Waals surface area (Å²) in [4.78, 5) is 26.7. The molecule has 1 heterocycles. The van der Waals surface area contributed by atoms with Gasteiger partial charge in [0.2, 0.25) is 5.91 Å². The largest absolute Gasteiger partial charge is 0.497 e. The first kappa shape index (κ1) is 17.1. The minimum absolute atomic E-state index is 0.111. The zero-order chi connectivity index (χ0) is 17.0. The van der Waals surface area contributed by atoms with Crippen molar-refractivity contribution in [3.05, 3.63) is 41.6 Å². The summed E-state index contributed by atoms with van der Waals surface area (Å²) in [7, 11) is 1.62. The first-order chi connectivity index (χ1) is 11.0. The molecule has 0 spiro atoms. The lowest BCUT2D eigenvalue weighted by Gasteiger charge is -2.37. The van der Waals surface area contributed by atoms with Crippen molar-refractivity contribution in [3.63, 3.8) is 0 Å². The minimum Gasteiger partial charge on any atom is -0.497 e. The van der Waals surface area contributed by atoms with E-state index in [0.29, 0.717) is 24.6 Å². The average Bonchev–Trinajstić information content (AvgIpc) is 2.54. The van der Waals surface area contributed by atoms with Crippen molar-refractivity contribution < 1.29 is 14.3 Å². The lowest BCUT2D eigenvalue weighted by atomic mass is 9.98. The molecule has 0 saturated carbocycles. The van der Waals surface area contributed by atoms with Crippen molar-refractivity contribution in [2.75, 3.05) is 7.11 Å². The van der Waals surface area contributed by atoms with Gasteiger partial charge in [-0.25, -0.2) is 0 Å². The quantitative estimate of drug-likeness (QED) is 0.849. The zero-order valence-corrected chi connectivity index (χ0v) is 14.1. The summed E-state index contributed by atoms with van der Waals surface area (Å²) in [6, 6.07) is 7.12. The van der Waals surface area contributed by atoms with Crippen LogP contribution in [0, 0.1) is 5.92 Å². The van der Waals surface area contributed by atoms with E-state index < -0.39 is 6.04 Å². The lowest BCUT2D eigenvalue weighted by Crippen LogP contribution is -2.56. The third-order valence-corrected chi connectivity index (χ3v) is 3.92. The van der Waals surface area contributed by atoms with Gasteiger partial charge in [-0.3, -0.25) is 9.59 Å². The number of nitrogens with zero attached hydrogens (tertiary/aromatic N) is 1. The predicted octanol–water partition coefficient (Wildman–Crippen LogP) is 2.47. The topological polar surface area (TPSA) is 58.6 Å². The highest BCUT2D eigenvalue weighted by Gasteiger charge is 2.37. The maximum Gasteiger partial charge on any atom is 0.270 e. The molecule has 1 saturated heterocycles. The van der Waals surface area contributed by atoms with Crippen molar-refractivity contribution in [2.24, 2.45) is 5.92 Å². The summed E-state index contributed by atoms with van der Waals surface area (Å²) in [5.41, 5.74) is 1.32. The molecular formula is C18H24N2O3. The maximum absolute atomic E-state index is 12.6. The minimum atomic E-state index is -0.437. The standard InChI is InChI=1S/C18H24N2O3/c1-5-15-18(22)20(16(10-12(2)3)17(21)19-15)11-13-6-8-14(23-4)9-7-13/h5-9,12,16H,10-11H2,1-4H3,(H,19,21)/b15-5-/t16-/m0/s1. The van der Waals surface area contributed by atoms with Gasteiger partial charge in [-0.1, -0.05) is 32.1 Å². The Hall–Kier alpha value is -2.30. The van der Waals surface area contributed by atoms with Crippen LogP contribution in [0.2, 0.25) is 0 Å². The van der Waals surface area contributed by atoms with E-state index in [2.05, 4.69) is 19.2 Å². The normalized spacial score (nSPS) is 20.1. The molecule has 2 amide bonds. The molecule has 0 aliphatic carbocycles. The van der Waals surface area contributed by atoms with Gasteiger partial charge in [0.15, 0.2) is 0 Å². The van der Waals surface area contributed by atoms with Gasteiger partial charge >= 0.3 is 0 Å². The zero-order valence-electron chi connectivity index (χ0n) is 14.1. The number of ether oxygens (including phenoxy) is 1. The molecule has 2 rings (SSSR count). The van der Waals surface area contributed by atoms with Crippen molar-refractivity contribution >= 4 is 11.8 Å². The van der Waals surface area contributed by atoms with Gasteiger partial charge in [0.05, 0.1) is 7.11 Å². The van der Waals surface area contributed by atoms with Crippen molar-refractivity contribution in [1.82, 2.24) is 10.2 Å². The van der Waals surface area contributed by atoms with Crippen LogP contribution >= 0.6 is 0 Å². The van der Waals surface area contributed by atoms with Crippen LogP contribution in [0.4, 0.5) is 0 Å². The van der Waals surface area contributed by atoms with E-state index in [1.165, 1.54) is 0 Å². The van der Waals surface area contributed by atoms with E-state index in [0.717, 1.165) is 11.3 Å². The van der Waals surface area contributed by atoms with E-state index >= 15 is 0 Å². The first-order valence-electron chi connectivity index (χ1n) is 7.87. The number of amides is 2. The number of allylic oxidation sites excluding steroid dienone is 1. The molecule has 1 aliphatic heterocycles. The Morgan fingerprint density at radius 2 is 1.91 bits per heavy atom. The van der Waals surface area contributed by atoms with Crippen LogP contribution < -0.4 is 10.1 Å². The van der Waals surface area contributed by atoms with E-state index in [1.807, 2.05) is 24.3 Å². The average molecular weight is 316 g/mol. The van der Waals surface area contributed by atoms with E-state index in [9.17, 15) is 9.59 Å². The van der Waals surface area contributed by atoms with Crippen LogP contribution in [0.25, 0.3) is 0 Å². The number of methoxy groups -OCH3 is 1. The van der Waals surface area contributed by atoms with Gasteiger partial charge in [0, 0.05) is 6.54 Å². The second-order valence-corrected chi connectivity index (χ2v) is 6.12. The van der Waals surface area contributed by atoms with E-state index in [1.54, 1.807) is 25.0 Å². The summed E-state index contributed by atoms with van der Waals surface area (Å²) in [6.45, 7) is 6.26. The number of rotatable bonds is 5. The summed E-state index contributed by atoms with van der Waals surface area (Å²) in [5.74, 6) is 0.849. The van der Waals surface area contributed by atoms with Gasteiger partial charge in [0.25, 0.3) is 5.91 Å². The van der Waals surface area contributed by atoms with E-state index in [4.69, 9.17) is 4.74 Å². The number of benzene rings is 1. The lowest BCUT2D eigenvalue weighted by molar-refractivity contribution is -0.143. The number of hydrogen-bond acceptors (Lipinski definition) is 3. The molecule has 1 atom stereocenters. The summed E-state index contributed by atoms with van der Waals surface area (Å²) in [6.07, 6.45) is 2.29. The predicted molar refractivity (Wildman–Crippen MR) is 88.7 cm³/mol. The van der Waals surface area contributed by atoms with Crippen LogP contribution in [0.15, 0.2) is 36.0 Å². The Morgan fingerprint density at radius 3 is 2.43 bits per heavy atom. The molecule has 0 radical (unpaired) electrons. The number of piperazine rings is 1. The highest BCUT2D eigenvalue weighted by Crippen LogP contribution is 2.22. The fourth-order valence-corrected chi connectivity index (χ4v) is 2.69. The van der Waals surface area contributed by atoms with E-state index in [-0.39, 0.29) is 11.8 Å². The number of carbonyl (C=O) groups is 2. The summed E-state index contributed by atoms with van der Waals surface area (Å²) >= 11 is 0. The first-order valence-corrected chi connectivity index (χ1v) is 7.87. The maximum atomic E-state index is 12.6. The second kappa shape index (κ2) is 7.31. The monoisotopic (exact) mass is 316 g/mol. The number of hydrogen-bond donors (Lipinski definition) is 1. The molecule has 5 heteroatoms. The van der Waals surface area contributed by atoms with Gasteiger partial charge in [-0.2, -0.15) is 0 Å². The van der Waals surface area contributed by atoms with Crippen LogP contribution in [-0.2, 0) is 16.1 Å². The molecule has 124 valence electrons. The molecule has 1 aromatic rings.